The van der Waals surface area contributed by atoms with Gasteiger partial charge in [-0.3, -0.25) is 9.59 Å². The van der Waals surface area contributed by atoms with Crippen molar-refractivity contribution in [1.29, 1.82) is 0 Å². The lowest BCUT2D eigenvalue weighted by molar-refractivity contribution is -0.145. The Bertz CT molecular complexity index is 217. The van der Waals surface area contributed by atoms with E-state index >= 15 is 0 Å². The largest absolute Gasteiger partial charge is 0.368 e. The quantitative estimate of drug-likeness (QED) is 0.677. The number of amides is 2. The van der Waals surface area contributed by atoms with Gasteiger partial charge >= 0.3 is 0 Å². The van der Waals surface area contributed by atoms with Crippen molar-refractivity contribution in [3.05, 3.63) is 0 Å². The molecule has 1 aliphatic rings. The average molecular weight is 235 g/mol. The van der Waals surface area contributed by atoms with Crippen molar-refractivity contribution >= 4 is 27.7 Å². The van der Waals surface area contributed by atoms with E-state index in [0.717, 1.165) is 0 Å². The van der Waals surface area contributed by atoms with Crippen molar-refractivity contribution in [2.24, 2.45) is 5.73 Å². The van der Waals surface area contributed by atoms with E-state index in [4.69, 9.17) is 5.73 Å². The molecule has 0 bridgehead atoms. The van der Waals surface area contributed by atoms with Gasteiger partial charge in [0.1, 0.15) is 6.04 Å². The number of nitrogens with two attached hydrogens (primary N) is 1. The lowest BCUT2D eigenvalue weighted by atomic mass is 10.0. The molecule has 68 valence electrons. The molecule has 1 rings (SSSR count). The fourth-order valence-electron chi connectivity index (χ4n) is 1.18. The van der Waals surface area contributed by atoms with E-state index in [0.29, 0.717) is 13.0 Å². The normalized spacial score (nSPS) is 24.5. The smallest absolute Gasteiger partial charge is 0.240 e. The van der Waals surface area contributed by atoms with Crippen molar-refractivity contribution < 1.29 is 9.59 Å². The first kappa shape index (κ1) is 9.51. The minimum atomic E-state index is -0.414. The maximum Gasteiger partial charge on any atom is 0.240 e. The Kier molecular flexibility index (Phi) is 2.72. The molecular formula is C7H11BrN2O2. The predicted molar refractivity (Wildman–Crippen MR) is 47.7 cm³/mol. The van der Waals surface area contributed by atoms with Crippen LogP contribution in [0.3, 0.4) is 0 Å². The van der Waals surface area contributed by atoms with Gasteiger partial charge in [0.25, 0.3) is 0 Å². The van der Waals surface area contributed by atoms with Crippen molar-refractivity contribution in [1.82, 2.24) is 4.90 Å². The maximum absolute atomic E-state index is 11.3. The molecule has 2 atom stereocenters. The summed E-state index contributed by atoms with van der Waals surface area (Å²) in [6, 6.07) is -0.377. The molecule has 0 aromatic rings. The second-order valence-corrected chi connectivity index (χ2v) is 4.23. The van der Waals surface area contributed by atoms with Crippen LogP contribution in [0, 0.1) is 0 Å². The number of halogens is 1. The van der Waals surface area contributed by atoms with Crippen LogP contribution in [0.5, 0.6) is 0 Å². The number of hydrogen-bond donors (Lipinski definition) is 1. The van der Waals surface area contributed by atoms with E-state index in [1.807, 2.05) is 0 Å². The molecule has 2 amide bonds. The van der Waals surface area contributed by atoms with Crippen LogP contribution < -0.4 is 5.73 Å². The van der Waals surface area contributed by atoms with Crippen molar-refractivity contribution in [2.45, 2.75) is 24.2 Å². The van der Waals surface area contributed by atoms with Gasteiger partial charge in [0.2, 0.25) is 11.8 Å². The first-order chi connectivity index (χ1) is 5.54. The predicted octanol–water partition coefficient (Wildman–Crippen LogP) is -0.144. The van der Waals surface area contributed by atoms with Crippen LogP contribution >= 0.6 is 15.9 Å². The minimum absolute atomic E-state index is 0.0648. The van der Waals surface area contributed by atoms with Gasteiger partial charge in [-0.2, -0.15) is 0 Å². The van der Waals surface area contributed by atoms with Gasteiger partial charge < -0.3 is 10.6 Å². The molecule has 0 radical (unpaired) electrons. The van der Waals surface area contributed by atoms with E-state index in [9.17, 15) is 9.59 Å². The van der Waals surface area contributed by atoms with Gasteiger partial charge in [0.15, 0.2) is 0 Å². The highest BCUT2D eigenvalue weighted by Gasteiger charge is 2.37. The third kappa shape index (κ3) is 1.60. The summed E-state index contributed by atoms with van der Waals surface area (Å²) in [7, 11) is 0. The van der Waals surface area contributed by atoms with Gasteiger partial charge in [-0.15, -0.1) is 0 Å². The molecule has 1 heterocycles. The molecule has 1 fully saturated rings. The van der Waals surface area contributed by atoms with Crippen LogP contribution in [0.2, 0.25) is 0 Å². The van der Waals surface area contributed by atoms with Crippen LogP contribution in [-0.4, -0.2) is 34.1 Å². The monoisotopic (exact) mass is 234 g/mol. The molecule has 0 spiro atoms. The zero-order chi connectivity index (χ0) is 9.30. The Labute approximate surface area is 79.2 Å². The average Bonchev–Trinajstić information content (AvgIpc) is 1.82. The first-order valence-electron chi connectivity index (χ1n) is 3.78. The van der Waals surface area contributed by atoms with Crippen LogP contribution in [0.1, 0.15) is 13.3 Å². The van der Waals surface area contributed by atoms with Crippen LogP contribution in [0.25, 0.3) is 0 Å². The highest BCUT2D eigenvalue weighted by atomic mass is 79.9. The molecule has 0 aromatic heterocycles. The Morgan fingerprint density at radius 2 is 2.25 bits per heavy atom. The van der Waals surface area contributed by atoms with Gasteiger partial charge in [-0.1, -0.05) is 15.9 Å². The van der Waals surface area contributed by atoms with Gasteiger partial charge in [-0.25, -0.2) is 0 Å². The zero-order valence-corrected chi connectivity index (χ0v) is 8.37. The van der Waals surface area contributed by atoms with Gasteiger partial charge in [0, 0.05) is 6.54 Å². The summed E-state index contributed by atoms with van der Waals surface area (Å²) in [6.07, 6.45) is 0.695. The van der Waals surface area contributed by atoms with Crippen LogP contribution in [0.15, 0.2) is 0 Å². The van der Waals surface area contributed by atoms with Crippen molar-refractivity contribution in [3.8, 4) is 0 Å². The Morgan fingerprint density at radius 3 is 2.50 bits per heavy atom. The number of rotatable bonds is 2. The topological polar surface area (TPSA) is 63.4 Å². The number of carbonyl (C=O) groups is 2. The van der Waals surface area contributed by atoms with Crippen LogP contribution in [0.4, 0.5) is 0 Å². The lowest BCUT2D eigenvalue weighted by Gasteiger charge is -2.39. The first-order valence-corrected chi connectivity index (χ1v) is 4.69. The minimum Gasteiger partial charge on any atom is -0.368 e. The fourth-order valence-corrected chi connectivity index (χ4v) is 1.44. The molecule has 5 heteroatoms. The highest BCUT2D eigenvalue weighted by molar-refractivity contribution is 9.10. The summed E-state index contributed by atoms with van der Waals surface area (Å²) in [5, 5.41) is 0. The van der Waals surface area contributed by atoms with E-state index in [2.05, 4.69) is 15.9 Å². The molecular weight excluding hydrogens is 224 g/mol. The van der Waals surface area contributed by atoms with E-state index < -0.39 is 5.91 Å². The Balaban J connectivity index is 2.55. The van der Waals surface area contributed by atoms with Gasteiger partial charge in [0.05, 0.1) is 4.83 Å². The zero-order valence-electron chi connectivity index (χ0n) is 6.79. The molecule has 2 N–H and O–H groups in total. The molecule has 0 aromatic carbocycles. The van der Waals surface area contributed by atoms with E-state index in [1.165, 1.54) is 4.90 Å². The van der Waals surface area contributed by atoms with Gasteiger partial charge in [-0.05, 0) is 13.3 Å². The number of carbonyl (C=O) groups excluding carboxylic acids is 2. The van der Waals surface area contributed by atoms with Crippen molar-refractivity contribution in [2.75, 3.05) is 6.54 Å². The Hall–Kier alpha value is -0.580. The number of nitrogens with zero attached hydrogens (tertiary/aromatic N) is 1. The summed E-state index contributed by atoms with van der Waals surface area (Å²) in [6.45, 7) is 2.38. The summed E-state index contributed by atoms with van der Waals surface area (Å²) >= 11 is 3.15. The van der Waals surface area contributed by atoms with E-state index in [-0.39, 0.29) is 16.8 Å². The number of alkyl halides is 1. The summed E-state index contributed by atoms with van der Waals surface area (Å²) in [5.74, 6) is -0.479. The second-order valence-electron chi connectivity index (χ2n) is 2.85. The molecule has 12 heavy (non-hydrogen) atoms. The molecule has 0 saturated carbocycles. The molecule has 2 unspecified atom stereocenters. The molecule has 4 nitrogen and oxygen atoms in total. The standard InChI is InChI=1S/C7H11BrN2O2/c1-4(8)7(12)10-3-2-5(10)6(9)11/h4-5H,2-3H2,1H3,(H2,9,11). The SMILES string of the molecule is CC(Br)C(=O)N1CCC1C(N)=O. The maximum atomic E-state index is 11.3. The van der Waals surface area contributed by atoms with Crippen molar-refractivity contribution in [3.63, 3.8) is 0 Å². The fraction of sp³-hybridized carbons (Fsp3) is 0.714. The number of hydrogen-bond acceptors (Lipinski definition) is 2. The summed E-state index contributed by atoms with van der Waals surface area (Å²) in [5.41, 5.74) is 5.08. The highest BCUT2D eigenvalue weighted by Crippen LogP contribution is 2.19. The third-order valence-electron chi connectivity index (χ3n) is 1.97. The Morgan fingerprint density at radius 1 is 1.67 bits per heavy atom. The van der Waals surface area contributed by atoms with E-state index in [1.54, 1.807) is 6.92 Å². The van der Waals surface area contributed by atoms with Crippen LogP contribution in [-0.2, 0) is 9.59 Å². The molecule has 1 aliphatic heterocycles. The third-order valence-corrected chi connectivity index (χ3v) is 2.36. The molecule has 0 aliphatic carbocycles. The number of likely N-dealkylation sites (tertiary alicyclic amines) is 1. The molecule has 1 saturated heterocycles. The summed E-state index contributed by atoms with van der Waals surface area (Å²) in [4.78, 5) is 23.3. The lowest BCUT2D eigenvalue weighted by Crippen LogP contribution is -2.58. The summed E-state index contributed by atoms with van der Waals surface area (Å²) < 4.78 is 0. The number of primary amides is 1. The second kappa shape index (κ2) is 3.43.